The van der Waals surface area contributed by atoms with Crippen LogP contribution in [0, 0.1) is 0 Å². The fourth-order valence-electron chi connectivity index (χ4n) is 2.31. The molecule has 2 rings (SSSR count). The molecule has 20 heavy (non-hydrogen) atoms. The van der Waals surface area contributed by atoms with Gasteiger partial charge in [0, 0.05) is 20.8 Å². The molecule has 0 amide bonds. The van der Waals surface area contributed by atoms with Gasteiger partial charge in [-0.1, -0.05) is 0 Å². The lowest BCUT2D eigenvalue weighted by molar-refractivity contribution is -0.250. The Morgan fingerprint density at radius 3 is 1.90 bits per heavy atom. The standard InChI is InChI=1S/C12H16O8/c1-5(13)17-9-8-4-16-12(20-8)11(19-7(3)15)10(9)18-6(2)14/h8-12H,4H2,1-3H3/t8-,9-,10+,11+,12?/m1/s1. The van der Waals surface area contributed by atoms with Crippen molar-refractivity contribution in [2.24, 2.45) is 0 Å². The molecule has 0 aromatic rings. The molecule has 2 saturated heterocycles. The van der Waals surface area contributed by atoms with Crippen LogP contribution in [0.25, 0.3) is 0 Å². The maximum atomic E-state index is 11.2. The molecule has 8 heteroatoms. The number of hydrogen-bond donors (Lipinski definition) is 0. The third-order valence-electron chi connectivity index (χ3n) is 2.92. The summed E-state index contributed by atoms with van der Waals surface area (Å²) in [5, 5.41) is 0. The molecule has 0 N–H and O–H groups in total. The van der Waals surface area contributed by atoms with Gasteiger partial charge in [-0.05, 0) is 0 Å². The topological polar surface area (TPSA) is 97.4 Å². The molecule has 2 bridgehead atoms. The van der Waals surface area contributed by atoms with Crippen molar-refractivity contribution in [2.75, 3.05) is 6.61 Å². The van der Waals surface area contributed by atoms with Crippen LogP contribution in [0.5, 0.6) is 0 Å². The van der Waals surface area contributed by atoms with E-state index in [1.807, 2.05) is 0 Å². The first-order chi connectivity index (χ1) is 9.38. The zero-order valence-electron chi connectivity index (χ0n) is 11.4. The van der Waals surface area contributed by atoms with E-state index >= 15 is 0 Å². The van der Waals surface area contributed by atoms with Gasteiger partial charge in [-0.2, -0.15) is 0 Å². The maximum absolute atomic E-state index is 11.2. The summed E-state index contributed by atoms with van der Waals surface area (Å²) in [6, 6.07) is 0. The highest BCUT2D eigenvalue weighted by atomic mass is 16.8. The van der Waals surface area contributed by atoms with Crippen LogP contribution >= 0.6 is 0 Å². The minimum absolute atomic E-state index is 0.165. The highest BCUT2D eigenvalue weighted by Crippen LogP contribution is 2.33. The van der Waals surface area contributed by atoms with Gasteiger partial charge in [0.2, 0.25) is 0 Å². The lowest BCUT2D eigenvalue weighted by Crippen LogP contribution is -2.58. The quantitative estimate of drug-likeness (QED) is 0.508. The van der Waals surface area contributed by atoms with Gasteiger partial charge in [0.25, 0.3) is 0 Å². The number of carbonyl (C=O) groups excluding carboxylic acids is 3. The molecular weight excluding hydrogens is 272 g/mol. The van der Waals surface area contributed by atoms with Gasteiger partial charge in [0.15, 0.2) is 24.6 Å². The van der Waals surface area contributed by atoms with Crippen molar-refractivity contribution < 1.29 is 38.1 Å². The molecule has 0 aromatic carbocycles. The molecule has 0 saturated carbocycles. The molecule has 2 aliphatic rings. The maximum Gasteiger partial charge on any atom is 0.303 e. The highest BCUT2D eigenvalue weighted by Gasteiger charge is 2.55. The van der Waals surface area contributed by atoms with Crippen LogP contribution in [0.4, 0.5) is 0 Å². The van der Waals surface area contributed by atoms with Crippen molar-refractivity contribution in [1.82, 2.24) is 0 Å². The zero-order valence-corrected chi connectivity index (χ0v) is 11.4. The summed E-state index contributed by atoms with van der Waals surface area (Å²) in [5.74, 6) is -1.71. The van der Waals surface area contributed by atoms with Crippen LogP contribution in [0.2, 0.25) is 0 Å². The fraction of sp³-hybridized carbons (Fsp3) is 0.750. The average Bonchev–Trinajstić information content (AvgIpc) is 2.74. The van der Waals surface area contributed by atoms with E-state index in [-0.39, 0.29) is 6.61 Å². The number of rotatable bonds is 3. The third kappa shape index (κ3) is 3.07. The first-order valence-corrected chi connectivity index (χ1v) is 6.17. The molecule has 1 unspecified atom stereocenters. The van der Waals surface area contributed by atoms with Gasteiger partial charge in [-0.25, -0.2) is 0 Å². The van der Waals surface area contributed by atoms with E-state index in [1.165, 1.54) is 20.8 Å². The van der Waals surface area contributed by atoms with Crippen LogP contribution in [0.1, 0.15) is 20.8 Å². The van der Waals surface area contributed by atoms with Crippen molar-refractivity contribution in [3.05, 3.63) is 0 Å². The lowest BCUT2D eigenvalue weighted by atomic mass is 10.00. The average molecular weight is 288 g/mol. The van der Waals surface area contributed by atoms with Gasteiger partial charge in [0.1, 0.15) is 6.10 Å². The first-order valence-electron chi connectivity index (χ1n) is 6.17. The van der Waals surface area contributed by atoms with Crippen LogP contribution in [0.3, 0.4) is 0 Å². The Kier molecular flexibility index (Phi) is 4.24. The summed E-state index contributed by atoms with van der Waals surface area (Å²) in [5.41, 5.74) is 0. The number of fused-ring (bicyclic) bond motifs is 2. The SMILES string of the molecule is CC(=O)O[C@H]1[C@H](OC(C)=O)[C@H]2COC(O2)[C@H]1OC(C)=O. The Morgan fingerprint density at radius 1 is 0.850 bits per heavy atom. The molecule has 2 heterocycles. The normalized spacial score (nSPS) is 35.2. The Labute approximate surface area is 115 Å². The van der Waals surface area contributed by atoms with E-state index in [2.05, 4.69) is 0 Å². The van der Waals surface area contributed by atoms with Crippen molar-refractivity contribution in [3.8, 4) is 0 Å². The first kappa shape index (κ1) is 14.7. The molecule has 0 aliphatic carbocycles. The summed E-state index contributed by atoms with van der Waals surface area (Å²) >= 11 is 0. The molecule has 2 aliphatic heterocycles. The van der Waals surface area contributed by atoms with E-state index in [0.29, 0.717) is 0 Å². The van der Waals surface area contributed by atoms with Crippen molar-refractivity contribution in [3.63, 3.8) is 0 Å². The minimum atomic E-state index is -0.973. The van der Waals surface area contributed by atoms with Gasteiger partial charge < -0.3 is 23.7 Å². The monoisotopic (exact) mass is 288 g/mol. The summed E-state index contributed by atoms with van der Waals surface area (Å²) in [4.78, 5) is 33.6. The van der Waals surface area contributed by atoms with Crippen molar-refractivity contribution in [1.29, 1.82) is 0 Å². The van der Waals surface area contributed by atoms with E-state index in [0.717, 1.165) is 0 Å². The predicted octanol–water partition coefficient (Wildman–Crippen LogP) is -0.463. The minimum Gasteiger partial charge on any atom is -0.456 e. The highest BCUT2D eigenvalue weighted by molar-refractivity contribution is 5.68. The number of esters is 3. The largest absolute Gasteiger partial charge is 0.456 e. The number of ether oxygens (including phenoxy) is 5. The zero-order chi connectivity index (χ0) is 14.9. The van der Waals surface area contributed by atoms with E-state index in [4.69, 9.17) is 23.7 Å². The molecule has 2 fully saturated rings. The molecule has 0 spiro atoms. The molecule has 0 aromatic heterocycles. The molecule has 0 radical (unpaired) electrons. The van der Waals surface area contributed by atoms with E-state index in [9.17, 15) is 14.4 Å². The Balaban J connectivity index is 2.24. The van der Waals surface area contributed by atoms with Gasteiger partial charge >= 0.3 is 17.9 Å². The summed E-state index contributed by atoms with van der Waals surface area (Å²) in [6.07, 6.45) is -4.19. The third-order valence-corrected chi connectivity index (χ3v) is 2.92. The number of carbonyl (C=O) groups is 3. The van der Waals surface area contributed by atoms with Gasteiger partial charge in [0.05, 0.1) is 6.61 Å². The lowest BCUT2D eigenvalue weighted by Gasteiger charge is -2.38. The molecule has 5 atom stereocenters. The van der Waals surface area contributed by atoms with Crippen LogP contribution < -0.4 is 0 Å². The van der Waals surface area contributed by atoms with Crippen molar-refractivity contribution in [2.45, 2.75) is 51.5 Å². The Morgan fingerprint density at radius 2 is 1.35 bits per heavy atom. The van der Waals surface area contributed by atoms with Crippen LogP contribution in [0.15, 0.2) is 0 Å². The summed E-state index contributed by atoms with van der Waals surface area (Å²) in [6.45, 7) is 3.83. The molecule has 8 nitrogen and oxygen atoms in total. The van der Waals surface area contributed by atoms with Gasteiger partial charge in [-0.15, -0.1) is 0 Å². The molecular formula is C12H16O8. The second kappa shape index (κ2) is 5.76. The second-order valence-electron chi connectivity index (χ2n) is 4.60. The van der Waals surface area contributed by atoms with E-state index < -0.39 is 48.6 Å². The Hall–Kier alpha value is -1.67. The Bertz CT molecular complexity index is 390. The molecule has 112 valence electrons. The predicted molar refractivity (Wildman–Crippen MR) is 61.3 cm³/mol. The summed E-state index contributed by atoms with van der Waals surface area (Å²) < 4.78 is 26.2. The van der Waals surface area contributed by atoms with Crippen LogP contribution in [-0.4, -0.2) is 55.2 Å². The number of hydrogen-bond acceptors (Lipinski definition) is 8. The smallest absolute Gasteiger partial charge is 0.303 e. The summed E-state index contributed by atoms with van der Waals surface area (Å²) in [7, 11) is 0. The van der Waals surface area contributed by atoms with Crippen LogP contribution in [-0.2, 0) is 38.1 Å². The van der Waals surface area contributed by atoms with Gasteiger partial charge in [-0.3, -0.25) is 14.4 Å². The van der Waals surface area contributed by atoms with E-state index in [1.54, 1.807) is 0 Å². The second-order valence-corrected chi connectivity index (χ2v) is 4.60. The fourth-order valence-corrected chi connectivity index (χ4v) is 2.31. The van der Waals surface area contributed by atoms with Crippen molar-refractivity contribution >= 4 is 17.9 Å².